The number of carbonyl (C=O) groups is 2. The Morgan fingerprint density at radius 1 is 1.56 bits per heavy atom. The number of hydrogen-bond donors (Lipinski definition) is 2. The van der Waals surface area contributed by atoms with Crippen LogP contribution in [0.1, 0.15) is 26.0 Å². The topological polar surface area (TPSA) is 82.5 Å². The summed E-state index contributed by atoms with van der Waals surface area (Å²) in [7, 11) is 0. The van der Waals surface area contributed by atoms with Crippen molar-refractivity contribution in [3.05, 3.63) is 11.1 Å². The molecule has 0 aromatic carbocycles. The van der Waals surface area contributed by atoms with E-state index in [1.807, 2.05) is 17.2 Å². The van der Waals surface area contributed by atoms with E-state index in [0.717, 1.165) is 12.1 Å². The Bertz CT molecular complexity index is 419. The summed E-state index contributed by atoms with van der Waals surface area (Å²) in [5.41, 5.74) is 0.776. The first-order valence-corrected chi connectivity index (χ1v) is 6.55. The molecule has 0 radical (unpaired) electrons. The zero-order valence-corrected chi connectivity index (χ0v) is 11.3. The van der Waals surface area contributed by atoms with Crippen LogP contribution in [0.3, 0.4) is 0 Å². The third-order valence-electron chi connectivity index (χ3n) is 2.12. The number of amides is 1. The van der Waals surface area contributed by atoms with Crippen LogP contribution in [0.5, 0.6) is 0 Å². The molecule has 0 aliphatic carbocycles. The molecule has 0 saturated carbocycles. The predicted octanol–water partition coefficient (Wildman–Crippen LogP) is 1.40. The first-order valence-electron chi connectivity index (χ1n) is 5.67. The molecular weight excluding hydrogens is 254 g/mol. The third-order valence-corrected chi connectivity index (χ3v) is 2.93. The largest absolute Gasteiger partial charge is 0.480 e. The molecule has 0 aliphatic rings. The lowest BCUT2D eigenvalue weighted by Crippen LogP contribution is -2.30. The third kappa shape index (κ3) is 5.24. The maximum atomic E-state index is 10.9. The van der Waals surface area contributed by atoms with Crippen LogP contribution in [0.4, 0.5) is 5.13 Å². The number of nitrogens with zero attached hydrogens (tertiary/aromatic N) is 2. The Morgan fingerprint density at radius 2 is 2.28 bits per heavy atom. The molecule has 18 heavy (non-hydrogen) atoms. The molecule has 0 atom stereocenters. The summed E-state index contributed by atoms with van der Waals surface area (Å²) in [5, 5.41) is 13.8. The maximum absolute atomic E-state index is 10.9. The fourth-order valence-corrected chi connectivity index (χ4v) is 2.29. The molecule has 100 valence electrons. The van der Waals surface area contributed by atoms with Crippen molar-refractivity contribution in [2.75, 3.05) is 18.4 Å². The average molecular weight is 271 g/mol. The average Bonchev–Trinajstić information content (AvgIpc) is 2.63. The van der Waals surface area contributed by atoms with Gasteiger partial charge in [0.25, 0.3) is 0 Å². The Labute approximate surface area is 110 Å². The highest BCUT2D eigenvalue weighted by molar-refractivity contribution is 7.13. The van der Waals surface area contributed by atoms with Gasteiger partial charge in [-0.2, -0.15) is 0 Å². The molecule has 7 heteroatoms. The Balaban J connectivity index is 2.59. The highest BCUT2D eigenvalue weighted by Gasteiger charge is 2.11. The van der Waals surface area contributed by atoms with Crippen LogP contribution in [0.15, 0.2) is 5.38 Å². The van der Waals surface area contributed by atoms with Gasteiger partial charge in [-0.3, -0.25) is 14.5 Å². The van der Waals surface area contributed by atoms with Gasteiger partial charge in [0.05, 0.1) is 12.2 Å². The van der Waals surface area contributed by atoms with Crippen molar-refractivity contribution >= 4 is 28.3 Å². The van der Waals surface area contributed by atoms with Crippen molar-refractivity contribution in [3.63, 3.8) is 0 Å². The van der Waals surface area contributed by atoms with E-state index in [-0.39, 0.29) is 12.5 Å². The monoisotopic (exact) mass is 271 g/mol. The van der Waals surface area contributed by atoms with Crippen LogP contribution in [0, 0.1) is 0 Å². The number of nitrogens with one attached hydrogen (secondary N) is 1. The highest BCUT2D eigenvalue weighted by atomic mass is 32.1. The second-order valence-electron chi connectivity index (χ2n) is 3.93. The van der Waals surface area contributed by atoms with Crippen molar-refractivity contribution in [3.8, 4) is 0 Å². The Kier molecular flexibility index (Phi) is 5.73. The molecule has 2 N–H and O–H groups in total. The van der Waals surface area contributed by atoms with E-state index in [1.165, 1.54) is 18.3 Å². The number of aromatic nitrogens is 1. The summed E-state index contributed by atoms with van der Waals surface area (Å²) in [6.07, 6.45) is 0.885. The van der Waals surface area contributed by atoms with E-state index in [2.05, 4.69) is 10.3 Å². The van der Waals surface area contributed by atoms with Gasteiger partial charge >= 0.3 is 5.97 Å². The minimum Gasteiger partial charge on any atom is -0.480 e. The SMILES string of the molecule is CCCN(CC(=O)O)Cc1csc(NC(C)=O)n1. The maximum Gasteiger partial charge on any atom is 0.317 e. The van der Waals surface area contributed by atoms with Gasteiger partial charge in [-0.15, -0.1) is 11.3 Å². The Morgan fingerprint density at radius 3 is 2.83 bits per heavy atom. The number of aliphatic carboxylic acids is 1. The summed E-state index contributed by atoms with van der Waals surface area (Å²) in [5.74, 6) is -1.01. The summed E-state index contributed by atoms with van der Waals surface area (Å²) in [6.45, 7) is 4.61. The van der Waals surface area contributed by atoms with Gasteiger partial charge in [-0.1, -0.05) is 6.92 Å². The summed E-state index contributed by atoms with van der Waals surface area (Å²) >= 11 is 1.34. The van der Waals surface area contributed by atoms with Crippen molar-refractivity contribution in [1.29, 1.82) is 0 Å². The summed E-state index contributed by atoms with van der Waals surface area (Å²) in [6, 6.07) is 0. The molecule has 1 rings (SSSR count). The second-order valence-corrected chi connectivity index (χ2v) is 4.79. The molecule has 0 bridgehead atoms. The quantitative estimate of drug-likeness (QED) is 0.783. The second kappa shape index (κ2) is 7.07. The van der Waals surface area contributed by atoms with Gasteiger partial charge < -0.3 is 10.4 Å². The summed E-state index contributed by atoms with van der Waals surface area (Å²) < 4.78 is 0. The van der Waals surface area contributed by atoms with Crippen molar-refractivity contribution in [2.45, 2.75) is 26.8 Å². The van der Waals surface area contributed by atoms with Crippen LogP contribution in [0.2, 0.25) is 0 Å². The number of hydrogen-bond acceptors (Lipinski definition) is 5. The van der Waals surface area contributed by atoms with E-state index >= 15 is 0 Å². The van der Waals surface area contributed by atoms with E-state index in [4.69, 9.17) is 5.11 Å². The van der Waals surface area contributed by atoms with E-state index in [0.29, 0.717) is 18.2 Å². The lowest BCUT2D eigenvalue weighted by molar-refractivity contribution is -0.138. The molecule has 0 spiro atoms. The molecule has 0 saturated heterocycles. The first kappa shape index (κ1) is 14.6. The minimum absolute atomic E-state index is 0.000830. The van der Waals surface area contributed by atoms with Crippen LogP contribution in [-0.4, -0.2) is 40.0 Å². The normalized spacial score (nSPS) is 10.6. The van der Waals surface area contributed by atoms with E-state index in [9.17, 15) is 9.59 Å². The Hall–Kier alpha value is -1.47. The fourth-order valence-electron chi connectivity index (χ4n) is 1.54. The van der Waals surface area contributed by atoms with Crippen molar-refractivity contribution < 1.29 is 14.7 Å². The number of rotatable bonds is 7. The first-order chi connectivity index (χ1) is 8.51. The fraction of sp³-hybridized carbons (Fsp3) is 0.545. The molecular formula is C11H17N3O3S. The predicted molar refractivity (Wildman–Crippen MR) is 69.6 cm³/mol. The smallest absolute Gasteiger partial charge is 0.317 e. The standard InChI is InChI=1S/C11H17N3O3S/c1-3-4-14(6-10(16)17)5-9-7-18-11(13-9)12-8(2)15/h7H,3-6H2,1-2H3,(H,16,17)(H,12,13,15). The molecule has 0 aliphatic heterocycles. The molecule has 1 heterocycles. The molecule has 0 fully saturated rings. The van der Waals surface area contributed by atoms with Gasteiger partial charge in [0.15, 0.2) is 5.13 Å². The number of carbonyl (C=O) groups excluding carboxylic acids is 1. The van der Waals surface area contributed by atoms with Gasteiger partial charge in [0.1, 0.15) is 0 Å². The van der Waals surface area contributed by atoms with Gasteiger partial charge in [-0.05, 0) is 13.0 Å². The van der Waals surface area contributed by atoms with Gasteiger partial charge in [0, 0.05) is 18.8 Å². The molecule has 6 nitrogen and oxygen atoms in total. The minimum atomic E-state index is -0.847. The van der Waals surface area contributed by atoms with Crippen LogP contribution >= 0.6 is 11.3 Å². The van der Waals surface area contributed by atoms with Crippen LogP contribution in [0.25, 0.3) is 0 Å². The zero-order chi connectivity index (χ0) is 13.5. The van der Waals surface area contributed by atoms with Gasteiger partial charge in [0.2, 0.25) is 5.91 Å². The molecule has 1 aromatic rings. The zero-order valence-electron chi connectivity index (χ0n) is 10.5. The number of carboxylic acids is 1. The van der Waals surface area contributed by atoms with E-state index < -0.39 is 5.97 Å². The highest BCUT2D eigenvalue weighted by Crippen LogP contribution is 2.16. The molecule has 0 unspecified atom stereocenters. The van der Waals surface area contributed by atoms with Crippen molar-refractivity contribution in [2.24, 2.45) is 0 Å². The van der Waals surface area contributed by atoms with E-state index in [1.54, 1.807) is 0 Å². The number of anilines is 1. The lowest BCUT2D eigenvalue weighted by atomic mass is 10.3. The number of carboxylic acid groups (broad SMARTS) is 1. The van der Waals surface area contributed by atoms with Gasteiger partial charge in [-0.25, -0.2) is 4.98 Å². The van der Waals surface area contributed by atoms with Crippen molar-refractivity contribution in [1.82, 2.24) is 9.88 Å². The number of thiazole rings is 1. The molecule has 1 amide bonds. The van der Waals surface area contributed by atoms with Crippen LogP contribution < -0.4 is 5.32 Å². The summed E-state index contributed by atoms with van der Waals surface area (Å²) in [4.78, 5) is 27.6. The van der Waals surface area contributed by atoms with Crippen LogP contribution in [-0.2, 0) is 16.1 Å². The lowest BCUT2D eigenvalue weighted by Gasteiger charge is -2.17. The molecule has 1 aromatic heterocycles.